The van der Waals surface area contributed by atoms with E-state index in [0.717, 1.165) is 12.1 Å². The van der Waals surface area contributed by atoms with Crippen LogP contribution in [0.4, 0.5) is 0 Å². The van der Waals surface area contributed by atoms with E-state index >= 15 is 0 Å². The van der Waals surface area contributed by atoms with E-state index in [4.69, 9.17) is 0 Å². The average molecular weight is 309 g/mol. The standard InChI is InChI=1S/C7H11N2.Re/c1-7(2,3)6-4-5-8-9-6;/h4H2,1-3H3;/q-1;. The topological polar surface area (TPSA) is 24.7 Å². The van der Waals surface area contributed by atoms with Crippen LogP contribution in [0, 0.1) is 5.41 Å². The van der Waals surface area contributed by atoms with Crippen molar-refractivity contribution in [2.45, 2.75) is 27.2 Å². The third-order valence-electron chi connectivity index (χ3n) is 1.35. The number of hydrogen-bond acceptors (Lipinski definition) is 2. The SMILES string of the molecule is CC(C)(C)C1=NN=[C-]C1.[Re]. The van der Waals surface area contributed by atoms with Gasteiger partial charge in [-0.3, -0.25) is 0 Å². The molecular weight excluding hydrogens is 298 g/mol. The van der Waals surface area contributed by atoms with Gasteiger partial charge in [-0.2, -0.15) is 0 Å². The van der Waals surface area contributed by atoms with Crippen molar-refractivity contribution in [3.63, 3.8) is 0 Å². The summed E-state index contributed by atoms with van der Waals surface area (Å²) >= 11 is 0. The molecule has 1 aliphatic heterocycles. The van der Waals surface area contributed by atoms with Crippen LogP contribution in [0.5, 0.6) is 0 Å². The summed E-state index contributed by atoms with van der Waals surface area (Å²) in [4.78, 5) is 0. The molecule has 1 aliphatic rings. The average Bonchev–Trinajstić information content (AvgIpc) is 2.08. The molecular formula is C7H11N2Re-. The van der Waals surface area contributed by atoms with Gasteiger partial charge in [0.1, 0.15) is 0 Å². The fourth-order valence-corrected chi connectivity index (χ4v) is 0.656. The minimum absolute atomic E-state index is 0. The molecule has 0 saturated heterocycles. The van der Waals surface area contributed by atoms with Crippen LogP contribution in [0.25, 0.3) is 0 Å². The third-order valence-corrected chi connectivity index (χ3v) is 1.35. The summed E-state index contributed by atoms with van der Waals surface area (Å²) < 4.78 is 0. The van der Waals surface area contributed by atoms with Crippen molar-refractivity contribution >= 4 is 11.9 Å². The van der Waals surface area contributed by atoms with Crippen LogP contribution >= 0.6 is 0 Å². The zero-order chi connectivity index (χ0) is 6.91. The number of hydrogen-bond donors (Lipinski definition) is 0. The molecule has 1 radical (unpaired) electrons. The Labute approximate surface area is 75.5 Å². The largest absolute Gasteiger partial charge is 0.375 e. The van der Waals surface area contributed by atoms with Crippen molar-refractivity contribution in [2.75, 3.05) is 0 Å². The van der Waals surface area contributed by atoms with Crippen molar-refractivity contribution in [3.05, 3.63) is 0 Å². The molecule has 0 spiro atoms. The van der Waals surface area contributed by atoms with Gasteiger partial charge in [0.25, 0.3) is 0 Å². The second-order valence-corrected chi connectivity index (χ2v) is 3.23. The summed E-state index contributed by atoms with van der Waals surface area (Å²) in [6, 6.07) is 0. The van der Waals surface area contributed by atoms with Crippen LogP contribution in [-0.4, -0.2) is 11.9 Å². The molecule has 0 fully saturated rings. The monoisotopic (exact) mass is 310 g/mol. The second-order valence-electron chi connectivity index (χ2n) is 3.23. The van der Waals surface area contributed by atoms with E-state index in [-0.39, 0.29) is 25.8 Å². The molecule has 2 nitrogen and oxygen atoms in total. The first-order chi connectivity index (χ1) is 4.11. The van der Waals surface area contributed by atoms with Crippen LogP contribution in [-0.2, 0) is 20.4 Å². The molecule has 0 N–H and O–H groups in total. The van der Waals surface area contributed by atoms with Crippen LogP contribution in [0.3, 0.4) is 0 Å². The van der Waals surface area contributed by atoms with Gasteiger partial charge in [0.2, 0.25) is 0 Å². The molecule has 0 aromatic heterocycles. The van der Waals surface area contributed by atoms with E-state index in [9.17, 15) is 0 Å². The maximum Gasteiger partial charge on any atom is 0.0150 e. The van der Waals surface area contributed by atoms with E-state index < -0.39 is 0 Å². The summed E-state index contributed by atoms with van der Waals surface area (Å²) in [7, 11) is 0. The van der Waals surface area contributed by atoms with Gasteiger partial charge in [0.05, 0.1) is 0 Å². The molecule has 0 saturated carbocycles. The Kier molecular flexibility index (Phi) is 3.41. The van der Waals surface area contributed by atoms with Crippen molar-refractivity contribution in [1.29, 1.82) is 0 Å². The molecule has 57 valence electrons. The first kappa shape index (κ1) is 10.0. The van der Waals surface area contributed by atoms with Crippen molar-refractivity contribution in [2.24, 2.45) is 15.6 Å². The van der Waals surface area contributed by atoms with Crippen molar-refractivity contribution < 1.29 is 20.4 Å². The smallest absolute Gasteiger partial charge is 0.0150 e. The molecule has 0 bridgehead atoms. The Morgan fingerprint density at radius 1 is 1.40 bits per heavy atom. The summed E-state index contributed by atoms with van der Waals surface area (Å²) in [6.45, 7) is 6.40. The van der Waals surface area contributed by atoms with Gasteiger partial charge >= 0.3 is 0 Å². The van der Waals surface area contributed by atoms with Crippen LogP contribution < -0.4 is 0 Å². The van der Waals surface area contributed by atoms with E-state index in [1.807, 2.05) is 0 Å². The molecule has 3 heteroatoms. The maximum absolute atomic E-state index is 3.94. The predicted octanol–water partition coefficient (Wildman–Crippen LogP) is 1.74. The second kappa shape index (κ2) is 3.41. The van der Waals surface area contributed by atoms with Crippen LogP contribution in [0.15, 0.2) is 10.2 Å². The van der Waals surface area contributed by atoms with Gasteiger partial charge in [-0.05, 0) is 5.41 Å². The minimum atomic E-state index is 0. The predicted molar refractivity (Wildman–Crippen MR) is 38.9 cm³/mol. The quantitative estimate of drug-likeness (QED) is 0.609. The zero-order valence-corrected chi connectivity index (χ0v) is 9.20. The van der Waals surface area contributed by atoms with E-state index in [1.54, 1.807) is 0 Å². The Morgan fingerprint density at radius 3 is 2.20 bits per heavy atom. The van der Waals surface area contributed by atoms with Gasteiger partial charge < -0.3 is 11.3 Å². The number of nitrogens with zero attached hydrogens (tertiary/aromatic N) is 2. The fraction of sp³-hybridized carbons (Fsp3) is 0.714. The molecule has 0 amide bonds. The van der Waals surface area contributed by atoms with Gasteiger partial charge in [0, 0.05) is 26.1 Å². The van der Waals surface area contributed by atoms with E-state index in [0.29, 0.717) is 0 Å². The molecule has 0 aliphatic carbocycles. The first-order valence-electron chi connectivity index (χ1n) is 3.10. The van der Waals surface area contributed by atoms with Crippen LogP contribution in [0.2, 0.25) is 0 Å². The molecule has 0 aromatic rings. The van der Waals surface area contributed by atoms with Gasteiger partial charge in [0.15, 0.2) is 0 Å². The fourth-order valence-electron chi connectivity index (χ4n) is 0.656. The Bertz CT molecular complexity index is 165. The molecule has 10 heavy (non-hydrogen) atoms. The van der Waals surface area contributed by atoms with Crippen molar-refractivity contribution in [3.8, 4) is 0 Å². The Morgan fingerprint density at radius 2 is 2.00 bits per heavy atom. The maximum atomic E-state index is 3.94. The van der Waals surface area contributed by atoms with E-state index in [1.165, 1.54) is 0 Å². The molecule has 0 aromatic carbocycles. The Hall–Kier alpha value is 0.00234. The van der Waals surface area contributed by atoms with Gasteiger partial charge in [-0.25, -0.2) is 5.10 Å². The van der Waals surface area contributed by atoms with Crippen molar-refractivity contribution in [1.82, 2.24) is 0 Å². The molecule has 1 heterocycles. The summed E-state index contributed by atoms with van der Waals surface area (Å²) in [5, 5.41) is 7.61. The normalized spacial score (nSPS) is 16.5. The summed E-state index contributed by atoms with van der Waals surface area (Å²) in [5.74, 6) is 0. The van der Waals surface area contributed by atoms with Gasteiger partial charge in [-0.1, -0.05) is 20.8 Å². The minimum Gasteiger partial charge on any atom is -0.375 e. The molecule has 0 unspecified atom stereocenters. The van der Waals surface area contributed by atoms with Gasteiger partial charge in [-0.15, -0.1) is 6.42 Å². The zero-order valence-electron chi connectivity index (χ0n) is 6.48. The molecule has 0 atom stereocenters. The number of rotatable bonds is 0. The third kappa shape index (κ3) is 2.32. The summed E-state index contributed by atoms with van der Waals surface area (Å²) in [5.41, 5.74) is 1.30. The van der Waals surface area contributed by atoms with Crippen LogP contribution in [0.1, 0.15) is 27.2 Å². The first-order valence-corrected chi connectivity index (χ1v) is 3.10. The molecule has 1 rings (SSSR count). The summed E-state index contributed by atoms with van der Waals surface area (Å²) in [6.07, 6.45) is 3.61. The van der Waals surface area contributed by atoms with E-state index in [2.05, 4.69) is 37.2 Å². The Balaban J connectivity index is 0.000000810.